The Kier molecular flexibility index (Phi) is 2.28. The Morgan fingerprint density at radius 2 is 2.06 bits per heavy atom. The topological polar surface area (TPSA) is 47.3 Å². The predicted octanol–water partition coefficient (Wildman–Crippen LogP) is 2.55. The molecule has 0 N–H and O–H groups in total. The monoisotopic (exact) mass is 265 g/mol. The molecule has 0 aliphatic carbocycles. The van der Waals surface area contributed by atoms with Crippen molar-refractivity contribution in [3.8, 4) is 0 Å². The number of aromatic nitrogens is 3. The first-order valence-electron chi connectivity index (χ1n) is 4.79. The van der Waals surface area contributed by atoms with Crippen molar-refractivity contribution >= 4 is 39.8 Å². The predicted molar refractivity (Wildman–Crippen MR) is 66.8 cm³/mol. The molecule has 0 saturated carbocycles. The third-order valence-electron chi connectivity index (χ3n) is 2.41. The van der Waals surface area contributed by atoms with E-state index in [1.807, 2.05) is 0 Å². The molecule has 4 nitrogen and oxygen atoms in total. The summed E-state index contributed by atoms with van der Waals surface area (Å²) in [7, 11) is 0. The lowest BCUT2D eigenvalue weighted by Crippen LogP contribution is -2.17. The molecule has 0 bridgehead atoms. The summed E-state index contributed by atoms with van der Waals surface area (Å²) in [6.07, 6.45) is 1.52. The molecule has 0 radical (unpaired) electrons. The van der Waals surface area contributed by atoms with Gasteiger partial charge in [0.1, 0.15) is 0 Å². The minimum atomic E-state index is -0.282. The Morgan fingerprint density at radius 1 is 1.24 bits per heavy atom. The molecule has 1 aromatic carbocycles. The van der Waals surface area contributed by atoms with Crippen LogP contribution < -0.4 is 5.56 Å². The minimum absolute atomic E-state index is 0.282. The Balaban J connectivity index is 2.64. The van der Waals surface area contributed by atoms with Gasteiger partial charge in [0.2, 0.25) is 0 Å². The molecule has 0 aliphatic heterocycles. The highest BCUT2D eigenvalue weighted by atomic mass is 35.5. The Morgan fingerprint density at radius 3 is 2.88 bits per heavy atom. The zero-order valence-corrected chi connectivity index (χ0v) is 9.90. The summed E-state index contributed by atoms with van der Waals surface area (Å²) in [6.45, 7) is 0. The fraction of sp³-hybridized carbons (Fsp3) is 0. The van der Waals surface area contributed by atoms with Crippen molar-refractivity contribution in [2.24, 2.45) is 0 Å². The smallest absolute Gasteiger partial charge is 0.267 e. The van der Waals surface area contributed by atoms with Gasteiger partial charge in [-0.15, -0.1) is 0 Å². The number of halogens is 2. The summed E-state index contributed by atoms with van der Waals surface area (Å²) < 4.78 is 1.22. The van der Waals surface area contributed by atoms with E-state index in [0.29, 0.717) is 26.6 Å². The fourth-order valence-corrected chi connectivity index (χ4v) is 2.21. The van der Waals surface area contributed by atoms with E-state index in [-0.39, 0.29) is 5.56 Å². The molecule has 6 heteroatoms. The summed E-state index contributed by atoms with van der Waals surface area (Å²) in [4.78, 5) is 16.4. The van der Waals surface area contributed by atoms with Crippen molar-refractivity contribution in [1.82, 2.24) is 14.6 Å². The van der Waals surface area contributed by atoms with E-state index < -0.39 is 0 Å². The SMILES string of the molecule is O=c1c2cc(Cl)cc(Cl)c2nc2cccnn12. The van der Waals surface area contributed by atoms with Gasteiger partial charge in [0.15, 0.2) is 5.65 Å². The van der Waals surface area contributed by atoms with Crippen LogP contribution in [0.1, 0.15) is 0 Å². The lowest BCUT2D eigenvalue weighted by atomic mass is 10.2. The Bertz CT molecular complexity index is 798. The average molecular weight is 266 g/mol. The van der Waals surface area contributed by atoms with Gasteiger partial charge in [-0.2, -0.15) is 9.61 Å². The van der Waals surface area contributed by atoms with Crippen LogP contribution in [0.25, 0.3) is 16.6 Å². The first kappa shape index (κ1) is 10.5. The Hall–Kier alpha value is -1.65. The lowest BCUT2D eigenvalue weighted by Gasteiger charge is -2.03. The summed E-state index contributed by atoms with van der Waals surface area (Å²) >= 11 is 11.9. The molecule has 0 fully saturated rings. The number of benzene rings is 1. The molecule has 0 unspecified atom stereocenters. The van der Waals surface area contributed by atoms with Crippen molar-refractivity contribution in [3.05, 3.63) is 50.9 Å². The van der Waals surface area contributed by atoms with E-state index in [2.05, 4.69) is 10.1 Å². The van der Waals surface area contributed by atoms with Crippen LogP contribution in [0.15, 0.2) is 35.3 Å². The molecule has 2 aromatic heterocycles. The van der Waals surface area contributed by atoms with Gasteiger partial charge < -0.3 is 0 Å². The lowest BCUT2D eigenvalue weighted by molar-refractivity contribution is 0.881. The van der Waals surface area contributed by atoms with Gasteiger partial charge in [-0.1, -0.05) is 23.2 Å². The van der Waals surface area contributed by atoms with Gasteiger partial charge in [-0.3, -0.25) is 4.79 Å². The molecular weight excluding hydrogens is 261 g/mol. The van der Waals surface area contributed by atoms with Crippen LogP contribution in [0.3, 0.4) is 0 Å². The van der Waals surface area contributed by atoms with Gasteiger partial charge in [0, 0.05) is 11.2 Å². The Labute approximate surface area is 105 Å². The van der Waals surface area contributed by atoms with E-state index in [9.17, 15) is 4.79 Å². The molecule has 3 aromatic rings. The summed E-state index contributed by atoms with van der Waals surface area (Å²) in [5.74, 6) is 0. The van der Waals surface area contributed by atoms with Gasteiger partial charge in [0.05, 0.1) is 15.9 Å². The van der Waals surface area contributed by atoms with Crippen LogP contribution in [0.4, 0.5) is 0 Å². The zero-order valence-electron chi connectivity index (χ0n) is 8.39. The third kappa shape index (κ3) is 1.57. The maximum atomic E-state index is 12.1. The summed E-state index contributed by atoms with van der Waals surface area (Å²) in [5.41, 5.74) is 0.610. The number of fused-ring (bicyclic) bond motifs is 2. The largest absolute Gasteiger partial charge is 0.282 e. The quantitative estimate of drug-likeness (QED) is 0.587. The maximum Gasteiger partial charge on any atom is 0.282 e. The average Bonchev–Trinajstić information content (AvgIpc) is 2.31. The zero-order chi connectivity index (χ0) is 12.0. The molecule has 84 valence electrons. The van der Waals surface area contributed by atoms with Crippen LogP contribution in [0.5, 0.6) is 0 Å². The van der Waals surface area contributed by atoms with Gasteiger partial charge in [-0.25, -0.2) is 4.98 Å². The standard InChI is InChI=1S/C11H5Cl2N3O/c12-6-4-7-10(8(13)5-6)15-9-2-1-3-14-16(9)11(7)17/h1-5H. The van der Waals surface area contributed by atoms with Crippen molar-refractivity contribution in [2.45, 2.75) is 0 Å². The van der Waals surface area contributed by atoms with Crippen LogP contribution in [-0.2, 0) is 0 Å². The normalized spacial score (nSPS) is 11.2. The first-order valence-corrected chi connectivity index (χ1v) is 5.55. The van der Waals surface area contributed by atoms with E-state index in [1.165, 1.54) is 10.7 Å². The molecule has 0 amide bonds. The van der Waals surface area contributed by atoms with Crippen molar-refractivity contribution < 1.29 is 0 Å². The van der Waals surface area contributed by atoms with Gasteiger partial charge >= 0.3 is 0 Å². The van der Waals surface area contributed by atoms with Gasteiger partial charge in [-0.05, 0) is 24.3 Å². The molecule has 0 spiro atoms. The molecule has 2 heterocycles. The van der Waals surface area contributed by atoms with Gasteiger partial charge in [0.25, 0.3) is 5.56 Å². The third-order valence-corrected chi connectivity index (χ3v) is 2.91. The number of nitrogens with zero attached hydrogens (tertiary/aromatic N) is 3. The van der Waals surface area contributed by atoms with E-state index in [1.54, 1.807) is 24.3 Å². The fourth-order valence-electron chi connectivity index (χ4n) is 1.68. The second-order valence-electron chi connectivity index (χ2n) is 3.49. The highest BCUT2D eigenvalue weighted by Gasteiger charge is 2.09. The van der Waals surface area contributed by atoms with Crippen LogP contribution in [-0.4, -0.2) is 14.6 Å². The van der Waals surface area contributed by atoms with Crippen molar-refractivity contribution in [2.75, 3.05) is 0 Å². The molecule has 0 aliphatic rings. The molecular formula is C11H5Cl2N3O. The molecule has 17 heavy (non-hydrogen) atoms. The van der Waals surface area contributed by atoms with Crippen molar-refractivity contribution in [1.29, 1.82) is 0 Å². The second kappa shape index (κ2) is 3.68. The minimum Gasteiger partial charge on any atom is -0.267 e. The van der Waals surface area contributed by atoms with Crippen LogP contribution in [0, 0.1) is 0 Å². The first-order chi connectivity index (χ1) is 8.16. The van der Waals surface area contributed by atoms with E-state index in [4.69, 9.17) is 23.2 Å². The highest BCUT2D eigenvalue weighted by Crippen LogP contribution is 2.24. The molecule has 0 atom stereocenters. The second-order valence-corrected chi connectivity index (χ2v) is 4.34. The molecule has 0 saturated heterocycles. The summed E-state index contributed by atoms with van der Waals surface area (Å²) in [6, 6.07) is 6.50. The summed E-state index contributed by atoms with van der Waals surface area (Å²) in [5, 5.41) is 5.06. The number of hydrogen-bond acceptors (Lipinski definition) is 3. The van der Waals surface area contributed by atoms with E-state index in [0.717, 1.165) is 0 Å². The highest BCUT2D eigenvalue weighted by molar-refractivity contribution is 6.38. The number of rotatable bonds is 0. The van der Waals surface area contributed by atoms with E-state index >= 15 is 0 Å². The number of hydrogen-bond donors (Lipinski definition) is 0. The maximum absolute atomic E-state index is 12.1. The van der Waals surface area contributed by atoms with Crippen LogP contribution >= 0.6 is 23.2 Å². The van der Waals surface area contributed by atoms with Crippen LogP contribution in [0.2, 0.25) is 10.0 Å². The molecule has 3 rings (SSSR count). The van der Waals surface area contributed by atoms with Crippen molar-refractivity contribution in [3.63, 3.8) is 0 Å².